The zero-order valence-corrected chi connectivity index (χ0v) is 13.7. The Morgan fingerprint density at radius 1 is 1.17 bits per heavy atom. The van der Waals surface area contributed by atoms with Crippen molar-refractivity contribution in [2.75, 3.05) is 19.7 Å². The number of ether oxygens (including phenoxy) is 1. The second-order valence-electron chi connectivity index (χ2n) is 5.52. The fraction of sp³-hybridized carbons (Fsp3) is 0.562. The molecule has 0 amide bonds. The molecule has 0 aliphatic rings. The summed E-state index contributed by atoms with van der Waals surface area (Å²) < 4.78 is 40.9. The van der Waals surface area contributed by atoms with Crippen molar-refractivity contribution in [3.05, 3.63) is 29.8 Å². The number of aliphatic imine (C=N–C) groups is 1. The summed E-state index contributed by atoms with van der Waals surface area (Å²) in [5, 5.41) is 6.37. The molecule has 0 atom stereocenters. The number of nitrogens with zero attached hydrogens (tertiary/aromatic N) is 1. The molecule has 0 fully saturated rings. The average molecular weight is 331 g/mol. The highest BCUT2D eigenvalue weighted by molar-refractivity contribution is 5.79. The Hall–Kier alpha value is -1.92. The SMILES string of the molecule is CCNC(=NCc1ccc(OCC(F)(F)F)cc1)NCC(C)C. The molecule has 0 saturated carbocycles. The van der Waals surface area contributed by atoms with Crippen molar-refractivity contribution in [1.82, 2.24) is 10.6 Å². The van der Waals surface area contributed by atoms with Gasteiger partial charge in [0.25, 0.3) is 0 Å². The van der Waals surface area contributed by atoms with Crippen LogP contribution in [0.3, 0.4) is 0 Å². The third-order valence-electron chi connectivity index (χ3n) is 2.77. The predicted octanol–water partition coefficient (Wildman–Crippen LogP) is 3.34. The van der Waals surface area contributed by atoms with Crippen LogP contribution in [-0.4, -0.2) is 31.8 Å². The number of nitrogens with one attached hydrogen (secondary N) is 2. The molecule has 0 aliphatic heterocycles. The standard InChI is InChI=1S/C16H24F3N3O/c1-4-20-15(21-9-12(2)3)22-10-13-5-7-14(8-6-13)23-11-16(17,18)19/h5-8,12H,4,9-11H2,1-3H3,(H2,20,21,22). The first-order chi connectivity index (χ1) is 10.8. The van der Waals surface area contributed by atoms with E-state index in [1.54, 1.807) is 12.1 Å². The maximum absolute atomic E-state index is 12.1. The molecule has 0 saturated heterocycles. The van der Waals surface area contributed by atoms with Gasteiger partial charge in [0.1, 0.15) is 5.75 Å². The Labute approximate surface area is 135 Å². The highest BCUT2D eigenvalue weighted by Gasteiger charge is 2.28. The van der Waals surface area contributed by atoms with Gasteiger partial charge >= 0.3 is 6.18 Å². The van der Waals surface area contributed by atoms with E-state index in [9.17, 15) is 13.2 Å². The van der Waals surface area contributed by atoms with Crippen LogP contribution in [0.25, 0.3) is 0 Å². The molecule has 2 N–H and O–H groups in total. The molecule has 4 nitrogen and oxygen atoms in total. The van der Waals surface area contributed by atoms with Crippen LogP contribution >= 0.6 is 0 Å². The monoisotopic (exact) mass is 331 g/mol. The van der Waals surface area contributed by atoms with Gasteiger partial charge in [0, 0.05) is 13.1 Å². The lowest BCUT2D eigenvalue weighted by Gasteiger charge is -2.13. The van der Waals surface area contributed by atoms with Gasteiger partial charge in [-0.3, -0.25) is 0 Å². The van der Waals surface area contributed by atoms with Gasteiger partial charge in [-0.25, -0.2) is 4.99 Å². The maximum atomic E-state index is 12.1. The molecule has 0 bridgehead atoms. The molecule has 1 aromatic carbocycles. The number of halogens is 3. The van der Waals surface area contributed by atoms with Crippen molar-refractivity contribution < 1.29 is 17.9 Å². The van der Waals surface area contributed by atoms with Crippen LogP contribution in [0.1, 0.15) is 26.3 Å². The van der Waals surface area contributed by atoms with Crippen molar-refractivity contribution in [2.24, 2.45) is 10.9 Å². The van der Waals surface area contributed by atoms with Crippen LogP contribution in [0, 0.1) is 5.92 Å². The minimum absolute atomic E-state index is 0.194. The second-order valence-corrected chi connectivity index (χ2v) is 5.52. The molecule has 0 heterocycles. The molecule has 0 radical (unpaired) electrons. The van der Waals surface area contributed by atoms with Gasteiger partial charge < -0.3 is 15.4 Å². The Morgan fingerprint density at radius 3 is 2.35 bits per heavy atom. The Kier molecular flexibility index (Phi) is 7.71. The van der Waals surface area contributed by atoms with E-state index in [0.29, 0.717) is 12.5 Å². The van der Waals surface area contributed by atoms with E-state index in [4.69, 9.17) is 0 Å². The number of alkyl halides is 3. The van der Waals surface area contributed by atoms with Crippen molar-refractivity contribution in [3.63, 3.8) is 0 Å². The summed E-state index contributed by atoms with van der Waals surface area (Å²) in [6, 6.07) is 6.46. The first-order valence-electron chi connectivity index (χ1n) is 7.61. The quantitative estimate of drug-likeness (QED) is 0.595. The molecule has 1 rings (SSSR count). The predicted molar refractivity (Wildman–Crippen MR) is 85.6 cm³/mol. The summed E-state index contributed by atoms with van der Waals surface area (Å²) in [6.45, 7) is 6.93. The Balaban J connectivity index is 2.56. The molecule has 7 heteroatoms. The van der Waals surface area contributed by atoms with Gasteiger partial charge in [0.15, 0.2) is 12.6 Å². The molecule has 23 heavy (non-hydrogen) atoms. The number of rotatable bonds is 7. The molecular formula is C16H24F3N3O. The van der Waals surface area contributed by atoms with E-state index in [-0.39, 0.29) is 5.75 Å². The number of hydrogen-bond donors (Lipinski definition) is 2. The number of benzene rings is 1. The highest BCUT2D eigenvalue weighted by atomic mass is 19.4. The van der Waals surface area contributed by atoms with E-state index in [1.807, 2.05) is 6.92 Å². The van der Waals surface area contributed by atoms with Gasteiger partial charge in [0.05, 0.1) is 6.54 Å². The van der Waals surface area contributed by atoms with Gasteiger partial charge in [-0.1, -0.05) is 26.0 Å². The van der Waals surface area contributed by atoms with Crippen LogP contribution in [0.2, 0.25) is 0 Å². The first-order valence-corrected chi connectivity index (χ1v) is 7.61. The van der Waals surface area contributed by atoms with Gasteiger partial charge in [-0.15, -0.1) is 0 Å². The fourth-order valence-corrected chi connectivity index (χ4v) is 1.67. The zero-order valence-electron chi connectivity index (χ0n) is 13.7. The molecule has 0 unspecified atom stereocenters. The highest BCUT2D eigenvalue weighted by Crippen LogP contribution is 2.19. The van der Waals surface area contributed by atoms with Crippen LogP contribution in [-0.2, 0) is 6.54 Å². The van der Waals surface area contributed by atoms with Gasteiger partial charge in [0.2, 0.25) is 0 Å². The van der Waals surface area contributed by atoms with Crippen LogP contribution in [0.15, 0.2) is 29.3 Å². The topological polar surface area (TPSA) is 45.7 Å². The fourth-order valence-electron chi connectivity index (χ4n) is 1.67. The van der Waals surface area contributed by atoms with E-state index in [2.05, 4.69) is 34.2 Å². The zero-order chi connectivity index (χ0) is 17.3. The van der Waals surface area contributed by atoms with Crippen molar-refractivity contribution in [3.8, 4) is 5.75 Å². The van der Waals surface area contributed by atoms with E-state index in [1.165, 1.54) is 12.1 Å². The van der Waals surface area contributed by atoms with Crippen molar-refractivity contribution in [2.45, 2.75) is 33.5 Å². The Bertz CT molecular complexity index is 484. The molecule has 1 aromatic rings. The molecule has 130 valence electrons. The summed E-state index contributed by atoms with van der Waals surface area (Å²) in [4.78, 5) is 4.44. The lowest BCUT2D eigenvalue weighted by atomic mass is 10.2. The molecule has 0 aliphatic carbocycles. The Morgan fingerprint density at radius 2 is 1.83 bits per heavy atom. The summed E-state index contributed by atoms with van der Waals surface area (Å²) in [6.07, 6.45) is -4.33. The van der Waals surface area contributed by atoms with E-state index in [0.717, 1.165) is 24.6 Å². The second kappa shape index (κ2) is 9.27. The number of guanidine groups is 1. The third kappa shape index (κ3) is 8.95. The van der Waals surface area contributed by atoms with Crippen LogP contribution < -0.4 is 15.4 Å². The van der Waals surface area contributed by atoms with Crippen LogP contribution in [0.5, 0.6) is 5.75 Å². The normalized spacial score (nSPS) is 12.4. The smallest absolute Gasteiger partial charge is 0.422 e. The summed E-state index contributed by atoms with van der Waals surface area (Å²) in [7, 11) is 0. The maximum Gasteiger partial charge on any atom is 0.422 e. The average Bonchev–Trinajstić information content (AvgIpc) is 2.48. The summed E-state index contributed by atoms with van der Waals surface area (Å²) >= 11 is 0. The molecule has 0 aromatic heterocycles. The summed E-state index contributed by atoms with van der Waals surface area (Å²) in [5.74, 6) is 1.42. The van der Waals surface area contributed by atoms with Crippen molar-refractivity contribution in [1.29, 1.82) is 0 Å². The largest absolute Gasteiger partial charge is 0.484 e. The van der Waals surface area contributed by atoms with Crippen molar-refractivity contribution >= 4 is 5.96 Å². The lowest BCUT2D eigenvalue weighted by molar-refractivity contribution is -0.153. The van der Waals surface area contributed by atoms with Gasteiger partial charge in [-0.05, 0) is 30.5 Å². The minimum Gasteiger partial charge on any atom is -0.484 e. The third-order valence-corrected chi connectivity index (χ3v) is 2.77. The first kappa shape index (κ1) is 19.1. The molecule has 0 spiro atoms. The number of hydrogen-bond acceptors (Lipinski definition) is 2. The van der Waals surface area contributed by atoms with Gasteiger partial charge in [-0.2, -0.15) is 13.2 Å². The molecular weight excluding hydrogens is 307 g/mol. The van der Waals surface area contributed by atoms with Crippen LogP contribution in [0.4, 0.5) is 13.2 Å². The summed E-state index contributed by atoms with van der Waals surface area (Å²) in [5.41, 5.74) is 0.895. The van der Waals surface area contributed by atoms with E-state index < -0.39 is 12.8 Å². The lowest BCUT2D eigenvalue weighted by Crippen LogP contribution is -2.39. The van der Waals surface area contributed by atoms with E-state index >= 15 is 0 Å². The minimum atomic E-state index is -4.33.